The Hall–Kier alpha value is -2.47. The normalized spacial score (nSPS) is 11.0. The topological polar surface area (TPSA) is 62.3 Å². The van der Waals surface area contributed by atoms with Crippen molar-refractivity contribution in [2.75, 3.05) is 0 Å². The van der Waals surface area contributed by atoms with Gasteiger partial charge in [-0.25, -0.2) is 0 Å². The van der Waals surface area contributed by atoms with Crippen LogP contribution in [0.25, 0.3) is 10.9 Å². The van der Waals surface area contributed by atoms with E-state index >= 15 is 0 Å². The quantitative estimate of drug-likeness (QED) is 0.290. The predicted octanol–water partition coefficient (Wildman–Crippen LogP) is 7.25. The van der Waals surface area contributed by atoms with Crippen LogP contribution in [0.5, 0.6) is 11.5 Å². The molecule has 0 saturated carbocycles. The van der Waals surface area contributed by atoms with Crippen molar-refractivity contribution in [1.82, 2.24) is 4.98 Å². The first-order valence-corrected chi connectivity index (χ1v) is 10.7. The van der Waals surface area contributed by atoms with E-state index in [1.54, 1.807) is 12.1 Å². The SMILES string of the molecule is O=C(O)Cc1cc(Cl)c(Oc2ccc3[nH]cc(Cc4ccc(Cl)cc4)c3c2)c(Br)c1. The van der Waals surface area contributed by atoms with E-state index in [0.29, 0.717) is 31.6 Å². The third-order valence-electron chi connectivity index (χ3n) is 4.68. The Labute approximate surface area is 191 Å². The Morgan fingerprint density at radius 2 is 1.80 bits per heavy atom. The molecule has 30 heavy (non-hydrogen) atoms. The molecule has 0 fully saturated rings. The van der Waals surface area contributed by atoms with Crippen LogP contribution in [-0.2, 0) is 17.6 Å². The number of carboxylic acids is 1. The third kappa shape index (κ3) is 4.64. The number of nitrogens with one attached hydrogen (secondary N) is 1. The predicted molar refractivity (Wildman–Crippen MR) is 123 cm³/mol. The van der Waals surface area contributed by atoms with Crippen LogP contribution in [0.3, 0.4) is 0 Å². The van der Waals surface area contributed by atoms with Gasteiger partial charge in [0.1, 0.15) is 5.75 Å². The summed E-state index contributed by atoms with van der Waals surface area (Å²) in [7, 11) is 0. The van der Waals surface area contributed by atoms with E-state index < -0.39 is 5.97 Å². The van der Waals surface area contributed by atoms with Crippen molar-refractivity contribution in [3.8, 4) is 11.5 Å². The lowest BCUT2D eigenvalue weighted by Crippen LogP contribution is -2.00. The number of aromatic amines is 1. The molecule has 0 aliphatic carbocycles. The van der Waals surface area contributed by atoms with Crippen LogP contribution < -0.4 is 4.74 Å². The number of H-pyrrole nitrogens is 1. The first-order valence-electron chi connectivity index (χ1n) is 9.11. The van der Waals surface area contributed by atoms with Crippen LogP contribution in [-0.4, -0.2) is 16.1 Å². The Bertz CT molecular complexity index is 1210. The Morgan fingerprint density at radius 3 is 2.50 bits per heavy atom. The van der Waals surface area contributed by atoms with Crippen molar-refractivity contribution >= 4 is 56.0 Å². The van der Waals surface area contributed by atoms with E-state index in [2.05, 4.69) is 20.9 Å². The van der Waals surface area contributed by atoms with Crippen molar-refractivity contribution in [2.45, 2.75) is 12.8 Å². The fourth-order valence-corrected chi connectivity index (χ4v) is 4.40. The third-order valence-corrected chi connectivity index (χ3v) is 5.80. The number of aliphatic carboxylic acids is 1. The Kier molecular flexibility index (Phi) is 6.04. The molecule has 4 rings (SSSR count). The van der Waals surface area contributed by atoms with Crippen molar-refractivity contribution in [3.63, 3.8) is 0 Å². The van der Waals surface area contributed by atoms with E-state index in [-0.39, 0.29) is 6.42 Å². The highest BCUT2D eigenvalue weighted by molar-refractivity contribution is 9.10. The second kappa shape index (κ2) is 8.72. The van der Waals surface area contributed by atoms with Gasteiger partial charge in [0.2, 0.25) is 0 Å². The zero-order valence-corrected chi connectivity index (χ0v) is 18.7. The first-order chi connectivity index (χ1) is 14.4. The van der Waals surface area contributed by atoms with Gasteiger partial charge >= 0.3 is 5.97 Å². The number of hydrogen-bond donors (Lipinski definition) is 2. The molecule has 0 radical (unpaired) electrons. The smallest absolute Gasteiger partial charge is 0.307 e. The lowest BCUT2D eigenvalue weighted by Gasteiger charge is -2.12. The molecule has 0 unspecified atom stereocenters. The minimum Gasteiger partial charge on any atom is -0.481 e. The number of rotatable bonds is 6. The molecule has 3 aromatic carbocycles. The molecule has 4 nitrogen and oxygen atoms in total. The summed E-state index contributed by atoms with van der Waals surface area (Å²) in [5, 5.41) is 11.1. The summed E-state index contributed by atoms with van der Waals surface area (Å²) in [5.41, 5.74) is 3.90. The summed E-state index contributed by atoms with van der Waals surface area (Å²) < 4.78 is 6.64. The van der Waals surface area contributed by atoms with E-state index in [4.69, 9.17) is 33.0 Å². The zero-order chi connectivity index (χ0) is 21.3. The molecule has 0 aliphatic heterocycles. The monoisotopic (exact) mass is 503 g/mol. The minimum atomic E-state index is -0.919. The van der Waals surface area contributed by atoms with Crippen molar-refractivity contribution in [3.05, 3.63) is 92.0 Å². The van der Waals surface area contributed by atoms with Gasteiger partial charge in [-0.3, -0.25) is 4.79 Å². The first kappa shape index (κ1) is 20.8. The number of fused-ring (bicyclic) bond motifs is 1. The lowest BCUT2D eigenvalue weighted by atomic mass is 10.0. The second-order valence-corrected chi connectivity index (χ2v) is 8.58. The standard InChI is InChI=1S/C23H16BrCl2NO3/c24-19-8-14(10-22(28)29)9-20(26)23(19)30-17-5-6-21-18(11-17)15(12-27-21)7-13-1-3-16(25)4-2-13/h1-6,8-9,11-12,27H,7,10H2,(H,28,29). The van der Waals surface area contributed by atoms with E-state index in [1.165, 1.54) is 0 Å². The van der Waals surface area contributed by atoms with Gasteiger partial charge in [0.05, 0.1) is 15.9 Å². The highest BCUT2D eigenvalue weighted by Gasteiger charge is 2.14. The molecule has 2 N–H and O–H groups in total. The molecule has 1 heterocycles. The number of halogens is 3. The number of carbonyl (C=O) groups is 1. The van der Waals surface area contributed by atoms with Crippen molar-refractivity contribution in [2.24, 2.45) is 0 Å². The molecule has 7 heteroatoms. The number of benzene rings is 3. The molecule has 152 valence electrons. The average Bonchev–Trinajstić information content (AvgIpc) is 3.08. The van der Waals surface area contributed by atoms with Crippen molar-refractivity contribution < 1.29 is 14.6 Å². The van der Waals surface area contributed by atoms with Gasteiger partial charge in [0.25, 0.3) is 0 Å². The molecule has 0 saturated heterocycles. The van der Waals surface area contributed by atoms with Gasteiger partial charge in [-0.2, -0.15) is 0 Å². The van der Waals surface area contributed by atoms with Gasteiger partial charge in [-0.15, -0.1) is 0 Å². The van der Waals surface area contributed by atoms with Crippen LogP contribution in [0.15, 0.2) is 65.3 Å². The average molecular weight is 505 g/mol. The maximum absolute atomic E-state index is 10.9. The van der Waals surface area contributed by atoms with Crippen LogP contribution in [0.2, 0.25) is 10.0 Å². The fraction of sp³-hybridized carbons (Fsp3) is 0.0870. The number of ether oxygens (including phenoxy) is 1. The zero-order valence-electron chi connectivity index (χ0n) is 15.6. The van der Waals surface area contributed by atoms with Crippen LogP contribution in [0, 0.1) is 0 Å². The van der Waals surface area contributed by atoms with E-state index in [0.717, 1.165) is 28.5 Å². The van der Waals surface area contributed by atoms with Crippen LogP contribution >= 0.6 is 39.1 Å². The van der Waals surface area contributed by atoms with Crippen molar-refractivity contribution in [1.29, 1.82) is 0 Å². The number of aromatic nitrogens is 1. The number of carboxylic acid groups (broad SMARTS) is 1. The lowest BCUT2D eigenvalue weighted by molar-refractivity contribution is -0.136. The summed E-state index contributed by atoms with van der Waals surface area (Å²) in [5.74, 6) is 0.158. The Balaban J connectivity index is 1.62. The maximum Gasteiger partial charge on any atom is 0.307 e. The second-order valence-electron chi connectivity index (χ2n) is 6.89. The molecule has 0 amide bonds. The summed E-state index contributed by atoms with van der Waals surface area (Å²) in [4.78, 5) is 14.2. The molecule has 4 aromatic rings. The molecule has 1 aromatic heterocycles. The highest BCUT2D eigenvalue weighted by Crippen LogP contribution is 2.38. The molecular formula is C23H16BrCl2NO3. The molecular weight excluding hydrogens is 489 g/mol. The van der Waals surface area contributed by atoms with Gasteiger partial charge in [0, 0.05) is 22.1 Å². The van der Waals surface area contributed by atoms with Gasteiger partial charge in [-0.1, -0.05) is 35.3 Å². The summed E-state index contributed by atoms with van der Waals surface area (Å²) in [6.45, 7) is 0. The summed E-state index contributed by atoms with van der Waals surface area (Å²) in [6, 6.07) is 16.9. The summed E-state index contributed by atoms with van der Waals surface area (Å²) >= 11 is 15.8. The van der Waals surface area contributed by atoms with Gasteiger partial charge < -0.3 is 14.8 Å². The minimum absolute atomic E-state index is 0.109. The maximum atomic E-state index is 10.9. The van der Waals surface area contributed by atoms with E-state index in [1.807, 2.05) is 48.7 Å². The number of hydrogen-bond acceptors (Lipinski definition) is 2. The Morgan fingerprint density at radius 1 is 1.03 bits per heavy atom. The van der Waals surface area contributed by atoms with Crippen LogP contribution in [0.4, 0.5) is 0 Å². The molecule has 0 aliphatic rings. The summed E-state index contributed by atoms with van der Waals surface area (Å²) in [6.07, 6.45) is 2.64. The molecule has 0 atom stereocenters. The molecule has 0 bridgehead atoms. The van der Waals surface area contributed by atoms with Gasteiger partial charge in [-0.05, 0) is 81.5 Å². The highest BCUT2D eigenvalue weighted by atomic mass is 79.9. The van der Waals surface area contributed by atoms with Gasteiger partial charge in [0.15, 0.2) is 5.75 Å². The fourth-order valence-electron chi connectivity index (χ4n) is 3.29. The largest absolute Gasteiger partial charge is 0.481 e. The van der Waals surface area contributed by atoms with E-state index in [9.17, 15) is 4.79 Å². The molecule has 0 spiro atoms. The van der Waals surface area contributed by atoms with Crippen LogP contribution in [0.1, 0.15) is 16.7 Å².